The fourth-order valence-electron chi connectivity index (χ4n) is 2.75. The van der Waals surface area contributed by atoms with Gasteiger partial charge >= 0.3 is 0 Å². The number of anilines is 2. The second-order valence-electron chi connectivity index (χ2n) is 6.79. The third-order valence-corrected chi connectivity index (χ3v) is 5.91. The first-order valence-electron chi connectivity index (χ1n) is 9.18. The number of carbonyl (C=O) groups excluding carboxylic acids is 1. The molecule has 0 saturated carbocycles. The topological polar surface area (TPSA) is 75.3 Å². The highest BCUT2D eigenvalue weighted by Crippen LogP contribution is 2.26. The normalized spacial score (nSPS) is 11.4. The van der Waals surface area contributed by atoms with E-state index in [1.54, 1.807) is 60.7 Å². The van der Waals surface area contributed by atoms with E-state index in [1.165, 1.54) is 6.92 Å². The van der Waals surface area contributed by atoms with Crippen molar-refractivity contribution in [3.8, 4) is 0 Å². The van der Waals surface area contributed by atoms with Gasteiger partial charge in [0.15, 0.2) is 0 Å². The Labute approximate surface area is 181 Å². The van der Waals surface area contributed by atoms with Crippen LogP contribution >= 0.6 is 11.6 Å². The fourth-order valence-corrected chi connectivity index (χ4v) is 3.96. The molecule has 2 N–H and O–H groups in total. The molecular formula is C23H21ClN2O3S. The van der Waals surface area contributed by atoms with Gasteiger partial charge in [0.05, 0.1) is 10.6 Å². The number of hydrogen-bond donors (Lipinski definition) is 2. The maximum absolute atomic E-state index is 12.9. The van der Waals surface area contributed by atoms with Crippen molar-refractivity contribution < 1.29 is 13.2 Å². The summed E-state index contributed by atoms with van der Waals surface area (Å²) < 4.78 is 28.4. The highest BCUT2D eigenvalue weighted by molar-refractivity contribution is 7.92. The predicted octanol–water partition coefficient (Wildman–Crippen LogP) is 5.58. The molecule has 0 spiro atoms. The van der Waals surface area contributed by atoms with Crippen LogP contribution in [0, 0.1) is 6.92 Å². The summed E-state index contributed by atoms with van der Waals surface area (Å²) in [5, 5.41) is 3.31. The number of aryl methyl sites for hydroxylation is 1. The molecule has 3 aromatic rings. The van der Waals surface area contributed by atoms with E-state index in [4.69, 9.17) is 11.6 Å². The van der Waals surface area contributed by atoms with Gasteiger partial charge < -0.3 is 5.32 Å². The molecule has 0 aromatic heterocycles. The van der Waals surface area contributed by atoms with Gasteiger partial charge in [-0.15, -0.1) is 0 Å². The van der Waals surface area contributed by atoms with Gasteiger partial charge in [-0.1, -0.05) is 59.6 Å². The van der Waals surface area contributed by atoms with Gasteiger partial charge in [0.25, 0.3) is 10.0 Å². The van der Waals surface area contributed by atoms with Gasteiger partial charge in [0, 0.05) is 17.6 Å². The number of halogens is 1. The van der Waals surface area contributed by atoms with Crippen molar-refractivity contribution in [2.45, 2.75) is 18.7 Å². The average Bonchev–Trinajstić information content (AvgIpc) is 2.68. The van der Waals surface area contributed by atoms with Gasteiger partial charge in [0.2, 0.25) is 5.91 Å². The second-order valence-corrected chi connectivity index (χ2v) is 8.91. The van der Waals surface area contributed by atoms with Crippen LogP contribution in [0.4, 0.5) is 11.4 Å². The third kappa shape index (κ3) is 5.72. The zero-order valence-electron chi connectivity index (χ0n) is 16.5. The van der Waals surface area contributed by atoms with E-state index in [1.807, 2.05) is 25.1 Å². The summed E-state index contributed by atoms with van der Waals surface area (Å²) in [6, 6.07) is 18.9. The van der Waals surface area contributed by atoms with Crippen LogP contribution in [0.15, 0.2) is 71.6 Å². The SMILES string of the molecule is CC(=O)Nc1ccc(C=Cc2ccc(Cl)cc2)c(NS(=O)(=O)c2ccc(C)cc2)c1. The molecule has 30 heavy (non-hydrogen) atoms. The minimum absolute atomic E-state index is 0.158. The lowest BCUT2D eigenvalue weighted by Crippen LogP contribution is -2.14. The first-order chi connectivity index (χ1) is 14.2. The zero-order chi connectivity index (χ0) is 21.7. The van der Waals surface area contributed by atoms with E-state index in [0.29, 0.717) is 22.0 Å². The molecule has 5 nitrogen and oxygen atoms in total. The molecule has 0 unspecified atom stereocenters. The summed E-state index contributed by atoms with van der Waals surface area (Å²) in [4.78, 5) is 11.6. The van der Waals surface area contributed by atoms with E-state index in [9.17, 15) is 13.2 Å². The number of rotatable bonds is 6. The minimum atomic E-state index is -3.80. The Kier molecular flexibility index (Phi) is 6.59. The van der Waals surface area contributed by atoms with E-state index in [2.05, 4.69) is 10.0 Å². The van der Waals surface area contributed by atoms with Gasteiger partial charge in [-0.2, -0.15) is 0 Å². The Hall–Kier alpha value is -3.09. The molecule has 7 heteroatoms. The molecule has 1 amide bonds. The molecule has 0 aliphatic rings. The van der Waals surface area contributed by atoms with Gasteiger partial charge in [-0.25, -0.2) is 8.42 Å². The molecule has 0 fully saturated rings. The largest absolute Gasteiger partial charge is 0.326 e. The zero-order valence-corrected chi connectivity index (χ0v) is 18.1. The van der Waals surface area contributed by atoms with E-state index < -0.39 is 10.0 Å². The van der Waals surface area contributed by atoms with Crippen LogP contribution in [0.1, 0.15) is 23.6 Å². The van der Waals surface area contributed by atoms with Gasteiger partial charge in [-0.3, -0.25) is 9.52 Å². The Bertz CT molecular complexity index is 1190. The molecular weight excluding hydrogens is 420 g/mol. The quantitative estimate of drug-likeness (QED) is 0.491. The monoisotopic (exact) mass is 440 g/mol. The second kappa shape index (κ2) is 9.15. The van der Waals surface area contributed by atoms with Crippen LogP contribution in [0.2, 0.25) is 5.02 Å². The lowest BCUT2D eigenvalue weighted by atomic mass is 10.1. The Morgan fingerprint density at radius 3 is 2.23 bits per heavy atom. The van der Waals surface area contributed by atoms with Gasteiger partial charge in [0.1, 0.15) is 0 Å². The number of benzene rings is 3. The van der Waals surface area contributed by atoms with Crippen LogP contribution in [0.5, 0.6) is 0 Å². The summed E-state index contributed by atoms with van der Waals surface area (Å²) in [5.74, 6) is -0.244. The van der Waals surface area contributed by atoms with Crippen molar-refractivity contribution in [3.05, 3.63) is 88.4 Å². The highest BCUT2D eigenvalue weighted by Gasteiger charge is 2.16. The number of sulfonamides is 1. The van der Waals surface area contributed by atoms with Gasteiger partial charge in [-0.05, 0) is 54.4 Å². The molecule has 0 aliphatic carbocycles. The smallest absolute Gasteiger partial charge is 0.261 e. The van der Waals surface area contributed by atoms with Crippen molar-refractivity contribution in [1.82, 2.24) is 0 Å². The Morgan fingerprint density at radius 2 is 1.60 bits per heavy atom. The average molecular weight is 441 g/mol. The minimum Gasteiger partial charge on any atom is -0.326 e. The van der Waals surface area contributed by atoms with Crippen molar-refractivity contribution in [1.29, 1.82) is 0 Å². The fraction of sp³-hybridized carbons (Fsp3) is 0.0870. The number of amides is 1. The molecule has 0 aliphatic heterocycles. The summed E-state index contributed by atoms with van der Waals surface area (Å²) in [6.45, 7) is 3.28. The van der Waals surface area contributed by atoms with E-state index in [0.717, 1.165) is 11.1 Å². The standard InChI is InChI=1S/C23H21ClN2O3S/c1-16-3-13-22(14-4-16)30(28,29)26-23-15-21(25-17(2)27)12-9-19(23)8-5-18-6-10-20(24)11-7-18/h3-15,26H,1-2H3,(H,25,27). The molecule has 154 valence electrons. The van der Waals surface area contributed by atoms with Crippen LogP contribution in [-0.4, -0.2) is 14.3 Å². The lowest BCUT2D eigenvalue weighted by molar-refractivity contribution is -0.114. The molecule has 3 aromatic carbocycles. The molecule has 0 radical (unpaired) electrons. The van der Waals surface area contributed by atoms with Crippen molar-refractivity contribution in [3.63, 3.8) is 0 Å². The van der Waals surface area contributed by atoms with E-state index >= 15 is 0 Å². The molecule has 0 saturated heterocycles. The summed E-state index contributed by atoms with van der Waals surface area (Å²) in [6.07, 6.45) is 3.65. The Balaban J connectivity index is 1.97. The van der Waals surface area contributed by atoms with Crippen LogP contribution in [0.25, 0.3) is 12.2 Å². The maximum atomic E-state index is 12.9. The van der Waals surface area contributed by atoms with Crippen LogP contribution in [-0.2, 0) is 14.8 Å². The number of hydrogen-bond acceptors (Lipinski definition) is 3. The molecule has 3 rings (SSSR count). The first-order valence-corrected chi connectivity index (χ1v) is 11.0. The van der Waals surface area contributed by atoms with Crippen LogP contribution < -0.4 is 10.0 Å². The maximum Gasteiger partial charge on any atom is 0.261 e. The van der Waals surface area contributed by atoms with Crippen molar-refractivity contribution in [2.24, 2.45) is 0 Å². The van der Waals surface area contributed by atoms with Crippen molar-refractivity contribution >= 4 is 51.1 Å². The van der Waals surface area contributed by atoms with Crippen molar-refractivity contribution in [2.75, 3.05) is 10.0 Å². The first kappa shape index (κ1) is 21.6. The number of nitrogens with one attached hydrogen (secondary N) is 2. The summed E-state index contributed by atoms with van der Waals surface area (Å²) in [5.41, 5.74) is 3.38. The third-order valence-electron chi connectivity index (χ3n) is 4.27. The number of carbonyl (C=O) groups is 1. The Morgan fingerprint density at radius 1 is 0.933 bits per heavy atom. The molecule has 0 bridgehead atoms. The summed E-state index contributed by atoms with van der Waals surface area (Å²) in [7, 11) is -3.80. The lowest BCUT2D eigenvalue weighted by Gasteiger charge is -2.13. The molecule has 0 atom stereocenters. The van der Waals surface area contributed by atoms with E-state index in [-0.39, 0.29) is 10.8 Å². The molecule has 0 heterocycles. The predicted molar refractivity (Wildman–Crippen MR) is 123 cm³/mol. The van der Waals surface area contributed by atoms with Crippen LogP contribution in [0.3, 0.4) is 0 Å². The highest BCUT2D eigenvalue weighted by atomic mass is 35.5. The summed E-state index contributed by atoms with van der Waals surface area (Å²) >= 11 is 5.92.